The van der Waals surface area contributed by atoms with Crippen molar-refractivity contribution in [2.45, 2.75) is 31.9 Å². The quantitative estimate of drug-likeness (QED) is 0.724. The summed E-state index contributed by atoms with van der Waals surface area (Å²) in [5, 5.41) is -0.447. The van der Waals surface area contributed by atoms with E-state index in [0.717, 1.165) is 0 Å². The molecule has 0 unspecified atom stereocenters. The summed E-state index contributed by atoms with van der Waals surface area (Å²) in [4.78, 5) is 3.79. The summed E-state index contributed by atoms with van der Waals surface area (Å²) in [6, 6.07) is 3.21. The molecular formula is C10H15NO3S. The number of nitrogens with zero attached hydrogens (tertiary/aromatic N) is 1. The molecule has 0 amide bonds. The summed E-state index contributed by atoms with van der Waals surface area (Å²) >= 11 is 0. The van der Waals surface area contributed by atoms with Crippen molar-refractivity contribution < 1.29 is 12.6 Å². The zero-order valence-electron chi connectivity index (χ0n) is 8.88. The van der Waals surface area contributed by atoms with Crippen molar-refractivity contribution in [1.29, 1.82) is 0 Å². The van der Waals surface area contributed by atoms with Crippen LogP contribution >= 0.6 is 0 Å². The molecule has 84 valence electrons. The minimum absolute atomic E-state index is 0.268. The van der Waals surface area contributed by atoms with E-state index < -0.39 is 15.4 Å². The number of pyridine rings is 1. The van der Waals surface area contributed by atoms with Gasteiger partial charge in [-0.05, 0) is 25.0 Å². The maximum absolute atomic E-state index is 11.7. The van der Waals surface area contributed by atoms with Crippen molar-refractivity contribution >= 4 is 10.1 Å². The third-order valence-electron chi connectivity index (χ3n) is 2.17. The third kappa shape index (κ3) is 3.20. The van der Waals surface area contributed by atoms with Crippen LogP contribution in [0.4, 0.5) is 0 Å². The molecule has 0 bridgehead atoms. The topological polar surface area (TPSA) is 56.3 Å². The van der Waals surface area contributed by atoms with E-state index in [9.17, 15) is 8.42 Å². The van der Waals surface area contributed by atoms with E-state index in [1.54, 1.807) is 18.3 Å². The zero-order valence-corrected chi connectivity index (χ0v) is 9.70. The standard InChI is InChI=1S/C10H15NO3S/c1-3-10(4-2)15(12,13)14-9-6-5-7-11-8-9/h5-8,10H,3-4H2,1-2H3. The first-order valence-electron chi connectivity index (χ1n) is 4.93. The first-order valence-corrected chi connectivity index (χ1v) is 6.40. The number of hydrogen-bond acceptors (Lipinski definition) is 4. The van der Waals surface area contributed by atoms with Crippen molar-refractivity contribution in [2.24, 2.45) is 0 Å². The highest BCUT2D eigenvalue weighted by atomic mass is 32.2. The van der Waals surface area contributed by atoms with Crippen molar-refractivity contribution in [2.75, 3.05) is 0 Å². The molecule has 0 atom stereocenters. The highest BCUT2D eigenvalue weighted by molar-refractivity contribution is 7.87. The Morgan fingerprint density at radius 1 is 1.40 bits per heavy atom. The third-order valence-corrected chi connectivity index (χ3v) is 4.07. The van der Waals surface area contributed by atoms with Gasteiger partial charge in [-0.15, -0.1) is 0 Å². The van der Waals surface area contributed by atoms with Crippen molar-refractivity contribution in [3.05, 3.63) is 24.5 Å². The van der Waals surface area contributed by atoms with Gasteiger partial charge in [-0.2, -0.15) is 8.42 Å². The first-order chi connectivity index (χ1) is 7.10. The maximum Gasteiger partial charge on any atom is 0.312 e. The van der Waals surface area contributed by atoms with E-state index >= 15 is 0 Å². The SMILES string of the molecule is CCC(CC)S(=O)(=O)Oc1cccnc1. The number of hydrogen-bond donors (Lipinski definition) is 0. The molecule has 0 N–H and O–H groups in total. The van der Waals surface area contributed by atoms with Gasteiger partial charge in [0.1, 0.15) is 0 Å². The van der Waals surface area contributed by atoms with Gasteiger partial charge in [0.25, 0.3) is 0 Å². The fraction of sp³-hybridized carbons (Fsp3) is 0.500. The van der Waals surface area contributed by atoms with Crippen molar-refractivity contribution in [1.82, 2.24) is 4.98 Å². The predicted molar refractivity (Wildman–Crippen MR) is 58.2 cm³/mol. The van der Waals surface area contributed by atoms with Crippen LogP contribution in [0, 0.1) is 0 Å². The van der Waals surface area contributed by atoms with Gasteiger partial charge >= 0.3 is 10.1 Å². The highest BCUT2D eigenvalue weighted by Crippen LogP contribution is 2.16. The number of aromatic nitrogens is 1. The van der Waals surface area contributed by atoms with Crippen LogP contribution in [0.5, 0.6) is 5.75 Å². The lowest BCUT2D eigenvalue weighted by Gasteiger charge is -2.13. The summed E-state index contributed by atoms with van der Waals surface area (Å²) < 4.78 is 28.4. The molecule has 0 fully saturated rings. The zero-order chi connectivity index (χ0) is 11.3. The van der Waals surface area contributed by atoms with E-state index in [4.69, 9.17) is 4.18 Å². The van der Waals surface area contributed by atoms with Crippen LogP contribution in [0.3, 0.4) is 0 Å². The lowest BCUT2D eigenvalue weighted by Crippen LogP contribution is -2.24. The Labute approximate surface area is 90.4 Å². The molecule has 0 saturated carbocycles. The Morgan fingerprint density at radius 3 is 2.53 bits per heavy atom. The van der Waals surface area contributed by atoms with Gasteiger partial charge in [-0.25, -0.2) is 0 Å². The van der Waals surface area contributed by atoms with Crippen LogP contribution in [0.1, 0.15) is 26.7 Å². The molecule has 1 rings (SSSR count). The summed E-state index contributed by atoms with van der Waals surface area (Å²) in [6.07, 6.45) is 4.06. The van der Waals surface area contributed by atoms with Crippen LogP contribution in [0.15, 0.2) is 24.5 Å². The van der Waals surface area contributed by atoms with Gasteiger partial charge in [0.15, 0.2) is 5.75 Å². The second-order valence-electron chi connectivity index (χ2n) is 3.20. The Kier molecular flexibility index (Phi) is 4.08. The molecule has 0 radical (unpaired) electrons. The number of rotatable bonds is 5. The molecular weight excluding hydrogens is 214 g/mol. The lowest BCUT2D eigenvalue weighted by atomic mass is 10.3. The molecule has 15 heavy (non-hydrogen) atoms. The van der Waals surface area contributed by atoms with E-state index in [-0.39, 0.29) is 5.75 Å². The normalized spacial score (nSPS) is 11.7. The smallest absolute Gasteiger partial charge is 0.312 e. The second-order valence-corrected chi connectivity index (χ2v) is 5.02. The van der Waals surface area contributed by atoms with E-state index in [2.05, 4.69) is 4.98 Å². The summed E-state index contributed by atoms with van der Waals surface area (Å²) in [5.74, 6) is 0.268. The Hall–Kier alpha value is -1.10. The minimum Gasteiger partial charge on any atom is -0.381 e. The molecule has 0 saturated heterocycles. The lowest BCUT2D eigenvalue weighted by molar-refractivity contribution is 0.464. The summed E-state index contributed by atoms with van der Waals surface area (Å²) in [5.41, 5.74) is 0. The van der Waals surface area contributed by atoms with Crippen molar-refractivity contribution in [3.63, 3.8) is 0 Å². The molecule has 5 heteroatoms. The van der Waals surface area contributed by atoms with Crippen LogP contribution in [0.25, 0.3) is 0 Å². The van der Waals surface area contributed by atoms with Gasteiger partial charge in [0.2, 0.25) is 0 Å². The van der Waals surface area contributed by atoms with Crippen LogP contribution < -0.4 is 4.18 Å². The first kappa shape index (κ1) is 12.0. The molecule has 0 aliphatic carbocycles. The fourth-order valence-corrected chi connectivity index (χ4v) is 2.61. The van der Waals surface area contributed by atoms with Gasteiger partial charge < -0.3 is 4.18 Å². The van der Waals surface area contributed by atoms with E-state index in [1.807, 2.05) is 13.8 Å². The van der Waals surface area contributed by atoms with Crippen LogP contribution in [-0.2, 0) is 10.1 Å². The summed E-state index contributed by atoms with van der Waals surface area (Å²) in [7, 11) is -3.52. The maximum atomic E-state index is 11.7. The molecule has 0 aliphatic rings. The van der Waals surface area contributed by atoms with Gasteiger partial charge in [-0.1, -0.05) is 13.8 Å². The molecule has 0 aliphatic heterocycles. The Morgan fingerprint density at radius 2 is 2.07 bits per heavy atom. The second kappa shape index (κ2) is 5.11. The van der Waals surface area contributed by atoms with Gasteiger partial charge in [0.05, 0.1) is 11.4 Å². The molecule has 1 heterocycles. The van der Waals surface area contributed by atoms with Crippen LogP contribution in [-0.4, -0.2) is 18.7 Å². The Balaban J connectivity index is 2.81. The fourth-order valence-electron chi connectivity index (χ4n) is 1.30. The van der Waals surface area contributed by atoms with E-state index in [0.29, 0.717) is 12.8 Å². The molecule has 0 aromatic carbocycles. The average molecular weight is 229 g/mol. The van der Waals surface area contributed by atoms with Crippen molar-refractivity contribution in [3.8, 4) is 5.75 Å². The van der Waals surface area contributed by atoms with Gasteiger partial charge in [0, 0.05) is 6.20 Å². The minimum atomic E-state index is -3.52. The van der Waals surface area contributed by atoms with Crippen LogP contribution in [0.2, 0.25) is 0 Å². The monoisotopic (exact) mass is 229 g/mol. The molecule has 4 nitrogen and oxygen atoms in total. The Bertz CT molecular complexity index is 384. The highest BCUT2D eigenvalue weighted by Gasteiger charge is 2.23. The predicted octanol–water partition coefficient (Wildman–Crippen LogP) is 1.98. The largest absolute Gasteiger partial charge is 0.381 e. The molecule has 1 aromatic rings. The van der Waals surface area contributed by atoms with E-state index in [1.165, 1.54) is 6.20 Å². The summed E-state index contributed by atoms with van der Waals surface area (Å²) in [6.45, 7) is 3.66. The average Bonchev–Trinajstić information content (AvgIpc) is 2.19. The molecule has 0 spiro atoms. The molecule has 1 aromatic heterocycles. The van der Waals surface area contributed by atoms with Gasteiger partial charge in [-0.3, -0.25) is 4.98 Å².